The SMILES string of the molecule is CN(Cl)c1c[c]ccc1. The summed E-state index contributed by atoms with van der Waals surface area (Å²) in [5.74, 6) is 0. The van der Waals surface area contributed by atoms with Crippen LogP contribution in [-0.4, -0.2) is 7.05 Å². The van der Waals surface area contributed by atoms with Gasteiger partial charge >= 0.3 is 0 Å². The zero-order valence-corrected chi connectivity index (χ0v) is 5.89. The minimum Gasteiger partial charge on any atom is -0.288 e. The Morgan fingerprint density at radius 2 is 2.44 bits per heavy atom. The minimum absolute atomic E-state index is 0.958. The molecule has 0 heterocycles. The van der Waals surface area contributed by atoms with E-state index in [1.807, 2.05) is 24.3 Å². The van der Waals surface area contributed by atoms with E-state index in [9.17, 15) is 0 Å². The third kappa shape index (κ3) is 1.61. The van der Waals surface area contributed by atoms with Crippen molar-refractivity contribution in [2.24, 2.45) is 0 Å². The van der Waals surface area contributed by atoms with Crippen LogP contribution in [0, 0.1) is 6.07 Å². The number of hydrogen-bond acceptors (Lipinski definition) is 1. The summed E-state index contributed by atoms with van der Waals surface area (Å²) in [6, 6.07) is 10.4. The molecule has 0 saturated carbocycles. The van der Waals surface area contributed by atoms with Gasteiger partial charge in [0.15, 0.2) is 0 Å². The fraction of sp³-hybridized carbons (Fsp3) is 0.143. The second-order valence-corrected chi connectivity index (χ2v) is 2.25. The Kier molecular flexibility index (Phi) is 1.96. The van der Waals surface area contributed by atoms with Crippen LogP contribution in [0.3, 0.4) is 0 Å². The molecular weight excluding hydrogens is 134 g/mol. The summed E-state index contributed by atoms with van der Waals surface area (Å²) in [6.07, 6.45) is 0. The van der Waals surface area contributed by atoms with Crippen LogP contribution in [0.1, 0.15) is 0 Å². The zero-order chi connectivity index (χ0) is 6.69. The number of anilines is 1. The van der Waals surface area contributed by atoms with Crippen molar-refractivity contribution in [1.82, 2.24) is 0 Å². The Labute approximate surface area is 60.0 Å². The van der Waals surface area contributed by atoms with Crippen LogP contribution >= 0.6 is 11.8 Å². The van der Waals surface area contributed by atoms with E-state index in [0.29, 0.717) is 0 Å². The third-order valence-corrected chi connectivity index (χ3v) is 1.24. The lowest BCUT2D eigenvalue weighted by Gasteiger charge is -2.06. The predicted octanol–water partition coefficient (Wildman–Crippen LogP) is 2.08. The van der Waals surface area contributed by atoms with Crippen molar-refractivity contribution in [2.75, 3.05) is 11.5 Å². The number of nitrogens with zero attached hydrogens (tertiary/aromatic N) is 1. The average Bonchev–Trinajstić information content (AvgIpc) is 1.90. The second kappa shape index (κ2) is 2.74. The molecule has 0 fully saturated rings. The van der Waals surface area contributed by atoms with Gasteiger partial charge in [0.1, 0.15) is 0 Å². The van der Waals surface area contributed by atoms with Crippen LogP contribution in [-0.2, 0) is 0 Å². The van der Waals surface area contributed by atoms with Crippen molar-refractivity contribution in [3.8, 4) is 0 Å². The van der Waals surface area contributed by atoms with E-state index >= 15 is 0 Å². The molecule has 0 spiro atoms. The van der Waals surface area contributed by atoms with Crippen LogP contribution in [0.4, 0.5) is 5.69 Å². The number of halogens is 1. The first-order valence-corrected chi connectivity index (χ1v) is 3.00. The third-order valence-electron chi connectivity index (χ3n) is 1.05. The van der Waals surface area contributed by atoms with Crippen molar-refractivity contribution >= 4 is 17.5 Å². The maximum atomic E-state index is 5.62. The molecule has 1 radical (unpaired) electrons. The number of benzene rings is 1. The Morgan fingerprint density at radius 3 is 2.78 bits per heavy atom. The highest BCUT2D eigenvalue weighted by Gasteiger charge is 1.90. The normalized spacial score (nSPS) is 9.11. The largest absolute Gasteiger partial charge is 0.288 e. The summed E-state index contributed by atoms with van der Waals surface area (Å²) in [4.78, 5) is 0. The lowest BCUT2D eigenvalue weighted by atomic mass is 10.3. The maximum Gasteiger partial charge on any atom is 0.0525 e. The molecule has 1 nitrogen and oxygen atoms in total. The van der Waals surface area contributed by atoms with Gasteiger partial charge in [0, 0.05) is 18.8 Å². The summed E-state index contributed by atoms with van der Waals surface area (Å²) in [5, 5.41) is 0. The van der Waals surface area contributed by atoms with Gasteiger partial charge in [-0.2, -0.15) is 0 Å². The highest BCUT2D eigenvalue weighted by atomic mass is 35.5. The van der Waals surface area contributed by atoms with E-state index in [1.54, 1.807) is 7.05 Å². The summed E-state index contributed by atoms with van der Waals surface area (Å²) >= 11 is 5.62. The van der Waals surface area contributed by atoms with Gasteiger partial charge in [0.2, 0.25) is 0 Å². The molecule has 1 aromatic carbocycles. The van der Waals surface area contributed by atoms with Crippen LogP contribution in [0.2, 0.25) is 0 Å². The molecule has 9 heavy (non-hydrogen) atoms. The van der Waals surface area contributed by atoms with Gasteiger partial charge < -0.3 is 0 Å². The predicted molar refractivity (Wildman–Crippen MR) is 39.5 cm³/mol. The average molecular weight is 141 g/mol. The molecule has 1 rings (SSSR count). The molecule has 0 N–H and O–H groups in total. The molecule has 1 aromatic rings. The van der Waals surface area contributed by atoms with Crippen molar-refractivity contribution in [3.63, 3.8) is 0 Å². The highest BCUT2D eigenvalue weighted by molar-refractivity contribution is 6.25. The van der Waals surface area contributed by atoms with Crippen molar-refractivity contribution in [3.05, 3.63) is 30.3 Å². The van der Waals surface area contributed by atoms with Gasteiger partial charge in [-0.1, -0.05) is 12.1 Å². The van der Waals surface area contributed by atoms with Crippen LogP contribution in [0.25, 0.3) is 0 Å². The van der Waals surface area contributed by atoms with E-state index in [0.717, 1.165) is 5.69 Å². The molecule has 0 amide bonds. The molecule has 0 aromatic heterocycles. The fourth-order valence-corrected chi connectivity index (χ4v) is 0.681. The monoisotopic (exact) mass is 140 g/mol. The van der Waals surface area contributed by atoms with Gasteiger partial charge in [-0.15, -0.1) is 0 Å². The highest BCUT2D eigenvalue weighted by Crippen LogP contribution is 2.11. The first-order chi connectivity index (χ1) is 4.30. The lowest BCUT2D eigenvalue weighted by molar-refractivity contribution is 1.34. The van der Waals surface area contributed by atoms with E-state index in [2.05, 4.69) is 6.07 Å². The van der Waals surface area contributed by atoms with Gasteiger partial charge in [-0.3, -0.25) is 4.42 Å². The zero-order valence-electron chi connectivity index (χ0n) is 5.13. The van der Waals surface area contributed by atoms with E-state index in [-0.39, 0.29) is 0 Å². The molecular formula is C7H7ClN. The van der Waals surface area contributed by atoms with Crippen LogP contribution in [0.5, 0.6) is 0 Å². The smallest absolute Gasteiger partial charge is 0.0525 e. The summed E-state index contributed by atoms with van der Waals surface area (Å²) in [6.45, 7) is 0. The summed E-state index contributed by atoms with van der Waals surface area (Å²) in [7, 11) is 1.78. The fourth-order valence-electron chi connectivity index (χ4n) is 0.576. The van der Waals surface area contributed by atoms with E-state index in [1.165, 1.54) is 4.42 Å². The first kappa shape index (κ1) is 6.43. The molecule has 47 valence electrons. The molecule has 0 atom stereocenters. The Bertz CT molecular complexity index is 172. The molecule has 0 aliphatic heterocycles. The van der Waals surface area contributed by atoms with Gasteiger partial charge in [-0.25, -0.2) is 0 Å². The van der Waals surface area contributed by atoms with Gasteiger partial charge in [0.25, 0.3) is 0 Å². The van der Waals surface area contributed by atoms with Crippen LogP contribution < -0.4 is 4.42 Å². The van der Waals surface area contributed by atoms with Crippen molar-refractivity contribution < 1.29 is 0 Å². The maximum absolute atomic E-state index is 5.62. The van der Waals surface area contributed by atoms with Gasteiger partial charge in [-0.05, 0) is 18.2 Å². The lowest BCUT2D eigenvalue weighted by Crippen LogP contribution is -1.98. The van der Waals surface area contributed by atoms with Gasteiger partial charge in [0.05, 0.1) is 5.69 Å². The Morgan fingerprint density at radius 1 is 1.67 bits per heavy atom. The van der Waals surface area contributed by atoms with Crippen LogP contribution in [0.15, 0.2) is 24.3 Å². The summed E-state index contributed by atoms with van der Waals surface area (Å²) < 4.78 is 1.52. The van der Waals surface area contributed by atoms with Crippen molar-refractivity contribution in [1.29, 1.82) is 0 Å². The molecule has 0 bridgehead atoms. The molecule has 0 aliphatic carbocycles. The minimum atomic E-state index is 0.958. The topological polar surface area (TPSA) is 3.24 Å². The van der Waals surface area contributed by atoms with E-state index in [4.69, 9.17) is 11.8 Å². The molecule has 0 unspecified atom stereocenters. The molecule has 0 aliphatic rings. The number of rotatable bonds is 1. The second-order valence-electron chi connectivity index (χ2n) is 1.74. The quantitative estimate of drug-likeness (QED) is 0.540. The molecule has 2 heteroatoms. The molecule has 0 saturated heterocycles. The number of hydrogen-bond donors (Lipinski definition) is 0. The van der Waals surface area contributed by atoms with E-state index < -0.39 is 0 Å². The Balaban J connectivity index is 2.85. The standard InChI is InChI=1S/C7H7ClN/c1-9(8)7-5-3-2-4-6-7/h2-3,5-6H,1H3. The first-order valence-electron chi connectivity index (χ1n) is 2.66. The summed E-state index contributed by atoms with van der Waals surface area (Å²) in [5.41, 5.74) is 0.958. The Hall–Kier alpha value is -0.690. The van der Waals surface area contributed by atoms with Crippen molar-refractivity contribution in [2.45, 2.75) is 0 Å².